The molecule has 3 amide bonds. The maximum Gasteiger partial charge on any atom is 0.408 e. The third-order valence-corrected chi connectivity index (χ3v) is 25.5. The number of nitrogens with zero attached hydrogens (tertiary/aromatic N) is 2. The van der Waals surface area contributed by atoms with Crippen LogP contribution in [0.25, 0.3) is 0 Å². The number of methoxy groups -OCH3 is 2. The second-order valence-corrected chi connectivity index (χ2v) is 39.3. The van der Waals surface area contributed by atoms with Crippen molar-refractivity contribution in [2.75, 3.05) is 78.7 Å². The summed E-state index contributed by atoms with van der Waals surface area (Å²) in [5, 5.41) is 44.2. The fourth-order valence-corrected chi connectivity index (χ4v) is 15.8. The third kappa shape index (κ3) is 36.0. The van der Waals surface area contributed by atoms with Crippen LogP contribution in [0, 0.1) is 11.8 Å². The first-order chi connectivity index (χ1) is 63.2. The number of esters is 2. The van der Waals surface area contributed by atoms with E-state index in [9.17, 15) is 34.2 Å². The number of aliphatic hydroxyl groups is 3. The van der Waals surface area contributed by atoms with Gasteiger partial charge in [-0.3, -0.25) is 9.59 Å². The highest BCUT2D eigenvalue weighted by Gasteiger charge is 2.53. The summed E-state index contributed by atoms with van der Waals surface area (Å²) in [4.78, 5) is 62.3. The predicted molar refractivity (Wildman–Crippen MR) is 546 cm³/mol. The summed E-state index contributed by atoms with van der Waals surface area (Å²) in [6.07, 6.45) is 3.86. The number of ether oxygens (including phenoxy) is 6. The van der Waals surface area contributed by atoms with E-state index < -0.39 is 69.2 Å². The zero-order valence-corrected chi connectivity index (χ0v) is 86.7. The molecule has 10 N–H and O–H groups in total. The number of morpholine rings is 1. The Morgan fingerprint density at radius 2 is 1.03 bits per heavy atom. The summed E-state index contributed by atoms with van der Waals surface area (Å²) in [6, 6.07) is 66.3. The van der Waals surface area contributed by atoms with Crippen LogP contribution in [0.1, 0.15) is 184 Å². The average molecular weight is 2090 g/mol. The first-order valence-corrected chi connectivity index (χ1v) is 48.4. The molecule has 4 aliphatic rings. The lowest BCUT2D eigenvalue weighted by Gasteiger charge is -2.52. The van der Waals surface area contributed by atoms with Gasteiger partial charge in [-0.1, -0.05) is 256 Å². The molecular formula is C103H127BrCl9N7O14. The first kappa shape index (κ1) is 115. The number of hydrogen-bond donors (Lipinski definition) is 8. The van der Waals surface area contributed by atoms with Crippen molar-refractivity contribution >= 4 is 150 Å². The molecule has 13 rings (SSSR count). The van der Waals surface area contributed by atoms with Crippen LogP contribution in [0.4, 0.5) is 9.59 Å². The van der Waals surface area contributed by atoms with Gasteiger partial charge in [-0.25, -0.2) is 14.4 Å². The van der Waals surface area contributed by atoms with Gasteiger partial charge in [0.25, 0.3) is 5.91 Å². The summed E-state index contributed by atoms with van der Waals surface area (Å²) in [6.45, 7) is 32.1. The van der Waals surface area contributed by atoms with Crippen LogP contribution in [-0.2, 0) is 76.0 Å². The third-order valence-electron chi connectivity index (χ3n) is 22.8. The number of aliphatic hydroxyl groups excluding tert-OH is 3. The van der Waals surface area contributed by atoms with E-state index in [2.05, 4.69) is 82.7 Å². The minimum Gasteiger partial charge on any atom is -0.468 e. The highest BCUT2D eigenvalue weighted by atomic mass is 79.9. The number of alkyl carbamates (subject to hydrolysis) is 2. The monoisotopic (exact) mass is 2080 g/mol. The topological polar surface area (TPSA) is 296 Å². The Morgan fingerprint density at radius 3 is 1.43 bits per heavy atom. The lowest BCUT2D eigenvalue weighted by atomic mass is 9.78. The summed E-state index contributed by atoms with van der Waals surface area (Å²) in [7, 11) is 2.70. The van der Waals surface area contributed by atoms with Crippen molar-refractivity contribution in [1.29, 1.82) is 0 Å². The molecule has 2 saturated carbocycles. The molecule has 9 aromatic rings. The van der Waals surface area contributed by atoms with Crippen LogP contribution in [0.2, 0.25) is 45.2 Å². The second-order valence-electron chi connectivity index (χ2n) is 34.8. The molecule has 0 bridgehead atoms. The SMILES string of the molecule is C=CC[C@@H]1O[C@@H](c2cccc(Cl)c2)[C@@](C)(c2ccc(Cl)cc2)N(CC2CC2)C1=O.CC(C)(C)OC(=O)N[C@@](C)(CO)c1ccc(Cl)cc1.CCN(CC)CC.COC(=O)CBr.COC(=O)CO[C@@H](c1cccc(Cl)c1)[C@](C)(NCC1CC1)c1ccc(Cl)cc1.C[C@@](N)(c1ccc(Cl)cc1)[C@@H](O)c1cccc(Cl)c1.C[C@@]1(c2ccc(Cl)cc2)COC(=O)N1.C[C@](N)(CO)c1ccc(Cl)cc1. The van der Waals surface area contributed by atoms with E-state index in [4.69, 9.17) is 145 Å². The number of halogens is 10. The van der Waals surface area contributed by atoms with E-state index in [0.717, 1.165) is 70.4 Å². The Hall–Kier alpha value is -7.60. The molecule has 0 radical (unpaired) electrons. The van der Waals surface area contributed by atoms with Crippen molar-refractivity contribution in [3.63, 3.8) is 0 Å². The van der Waals surface area contributed by atoms with Crippen molar-refractivity contribution in [2.24, 2.45) is 23.3 Å². The van der Waals surface area contributed by atoms with E-state index >= 15 is 0 Å². The zero-order valence-electron chi connectivity index (χ0n) is 78.3. The van der Waals surface area contributed by atoms with Gasteiger partial charge < -0.3 is 81.0 Å². The first-order valence-electron chi connectivity index (χ1n) is 43.9. The number of nitrogens with one attached hydrogen (secondary N) is 3. The van der Waals surface area contributed by atoms with Crippen LogP contribution >= 0.6 is 120 Å². The molecule has 728 valence electrons. The molecule has 9 aromatic carbocycles. The number of carbonyl (C=O) groups excluding carboxylic acids is 5. The van der Waals surface area contributed by atoms with Crippen LogP contribution in [0.15, 0.2) is 231 Å². The van der Waals surface area contributed by atoms with Crippen molar-refractivity contribution in [2.45, 2.75) is 178 Å². The fourth-order valence-electron chi connectivity index (χ4n) is 14.2. The number of carbonyl (C=O) groups is 5. The van der Waals surface area contributed by atoms with Crippen LogP contribution in [0.5, 0.6) is 0 Å². The van der Waals surface area contributed by atoms with Crippen LogP contribution in [-0.4, -0.2) is 146 Å². The van der Waals surface area contributed by atoms with E-state index in [1.807, 2.05) is 145 Å². The van der Waals surface area contributed by atoms with Crippen LogP contribution in [0.3, 0.4) is 0 Å². The standard InChI is InChI=1S/C24H25Cl2NO2.C22H25Cl2NO3.C15H15Cl2NO.C14H20ClNO3.C10H10ClNO2.C9H12ClNO.C6H15N.C3H5BrO2/c1-3-5-21-23(28)27(15-16-8-9-16)24(2,18-10-12-19(25)13-11-18)22(29-21)17-6-4-7-20(26)14-17;1-22(25-13-15-6-7-15,17-8-10-18(23)11-9-17)21(28-14-20(26)27-2)16-4-3-5-19(24)12-16;1-15(18,11-5-7-12(16)8-6-11)14(19)10-3-2-4-13(17)9-10;1-13(2,3)19-12(18)16-14(4,9-17)10-5-7-11(15)8-6-10;1-10(6-14-9(13)12-10)7-2-4-8(11)5-3-7;1-9(11,6-12)7-2-4-8(10)5-3-7;1-4-7(5-2)6-3;1-6-3(5)2-4/h3-4,6-7,10-14,16,21-22H,1,5,8-9,15H2,2H3;3-5,8-12,15,21,25H,6-7,13-14H2,1-2H3;2-9,14,19H,18H2,1H3;5-8,17H,9H2,1-4H3,(H,16,18);2-5H,6H2,1H3,(H,12,13);2-5,12H,6,11H2,1H3;4-6H2,1-3H3;2H2,1H3/t21-,22-,24+;21-,22+;14-,15+;14-;10-;9-;;/m000000../s1. The number of nitrogens with two attached hydrogens (primary N) is 2. The molecule has 2 heterocycles. The molecule has 0 aromatic heterocycles. The molecule has 2 saturated heterocycles. The van der Waals surface area contributed by atoms with Gasteiger partial charge in [-0.05, 0) is 285 Å². The molecule has 10 atom stereocenters. The van der Waals surface area contributed by atoms with E-state index in [-0.39, 0.29) is 49.2 Å². The minimum absolute atomic E-state index is 0.0209. The van der Waals surface area contributed by atoms with Crippen molar-refractivity contribution in [1.82, 2.24) is 25.8 Å². The molecule has 21 nitrogen and oxygen atoms in total. The Bertz CT molecular complexity index is 5150. The van der Waals surface area contributed by atoms with E-state index in [1.54, 1.807) is 133 Å². The molecular weight excluding hydrogens is 1960 g/mol. The van der Waals surface area contributed by atoms with Gasteiger partial charge in [0.05, 0.1) is 60.7 Å². The van der Waals surface area contributed by atoms with Gasteiger partial charge >= 0.3 is 24.1 Å². The minimum atomic E-state index is -0.921. The Morgan fingerprint density at radius 1 is 0.590 bits per heavy atom. The lowest BCUT2D eigenvalue weighted by Crippen LogP contribution is -2.60. The van der Waals surface area contributed by atoms with Gasteiger partial charge in [-0.15, -0.1) is 6.58 Å². The summed E-state index contributed by atoms with van der Waals surface area (Å²) >= 11 is 56.8. The average Bonchev–Trinajstić information content (AvgIpc) is 1.00. The molecule has 134 heavy (non-hydrogen) atoms. The van der Waals surface area contributed by atoms with Gasteiger partial charge in [0.2, 0.25) is 0 Å². The fraction of sp³-hybridized carbons (Fsp3) is 0.408. The predicted octanol–water partition coefficient (Wildman–Crippen LogP) is 24.0. The van der Waals surface area contributed by atoms with Gasteiger partial charge in [-0.2, -0.15) is 0 Å². The summed E-state index contributed by atoms with van der Waals surface area (Å²) < 4.78 is 31.6. The lowest BCUT2D eigenvalue weighted by molar-refractivity contribution is -0.192. The number of cyclic esters (lactones) is 1. The Balaban J connectivity index is 0.000000246. The van der Waals surface area contributed by atoms with Crippen molar-refractivity contribution < 1.29 is 67.7 Å². The summed E-state index contributed by atoms with van der Waals surface area (Å²) in [5.74, 6) is 0.579. The molecule has 0 unspecified atom stereocenters. The number of amides is 3. The highest BCUT2D eigenvalue weighted by molar-refractivity contribution is 9.09. The summed E-state index contributed by atoms with van der Waals surface area (Å²) in [5.41, 5.74) is 15.3. The molecule has 31 heteroatoms. The normalized spacial score (nSPS) is 18.7. The Kier molecular flexibility index (Phi) is 47.0. The molecule has 2 aliphatic carbocycles. The Labute approximate surface area is 843 Å². The number of alkyl halides is 1. The van der Waals surface area contributed by atoms with Crippen LogP contribution < -0.4 is 27.4 Å². The van der Waals surface area contributed by atoms with Gasteiger partial charge in [0.1, 0.15) is 48.6 Å². The number of benzene rings is 9. The smallest absolute Gasteiger partial charge is 0.408 e. The maximum atomic E-state index is 13.5. The quantitative estimate of drug-likeness (QED) is 0.00978. The second kappa shape index (κ2) is 54.7. The van der Waals surface area contributed by atoms with E-state index in [0.29, 0.717) is 75.6 Å². The molecule has 0 spiro atoms. The van der Waals surface area contributed by atoms with E-state index in [1.165, 1.54) is 46.7 Å². The molecule has 4 fully saturated rings. The van der Waals surface area contributed by atoms with Gasteiger partial charge in [0.15, 0.2) is 0 Å². The maximum absolute atomic E-state index is 13.5. The van der Waals surface area contributed by atoms with Crippen molar-refractivity contribution in [3.8, 4) is 0 Å². The van der Waals surface area contributed by atoms with Gasteiger partial charge in [0, 0.05) is 58.2 Å². The zero-order chi connectivity index (χ0) is 99.5. The van der Waals surface area contributed by atoms with Crippen molar-refractivity contribution in [3.05, 3.63) is 326 Å². The number of rotatable bonds is 28. The number of hydrogen-bond acceptors (Lipinski definition) is 18. The molecule has 2 aliphatic heterocycles. The highest BCUT2D eigenvalue weighted by Crippen LogP contribution is 2.50. The largest absolute Gasteiger partial charge is 0.468 e.